The molecule has 2 aromatic carbocycles. The summed E-state index contributed by atoms with van der Waals surface area (Å²) in [5, 5.41) is 3.39. The molecule has 0 saturated heterocycles. The smallest absolute Gasteiger partial charge is 0.121 e. The predicted octanol–water partition coefficient (Wildman–Crippen LogP) is 3.62. The second kappa shape index (κ2) is 6.14. The van der Waals surface area contributed by atoms with Gasteiger partial charge in [0.15, 0.2) is 0 Å². The molecular formula is C16H19NO2. The van der Waals surface area contributed by atoms with Crippen LogP contribution in [0.5, 0.6) is 11.5 Å². The van der Waals surface area contributed by atoms with Gasteiger partial charge >= 0.3 is 0 Å². The summed E-state index contributed by atoms with van der Waals surface area (Å²) in [7, 11) is 3.36. The van der Waals surface area contributed by atoms with Gasteiger partial charge in [-0.3, -0.25) is 0 Å². The minimum absolute atomic E-state index is 0.774. The zero-order chi connectivity index (χ0) is 13.7. The number of ether oxygens (including phenoxy) is 2. The number of rotatable bonds is 5. The summed E-state index contributed by atoms with van der Waals surface area (Å²) in [6.07, 6.45) is 0. The fourth-order valence-electron chi connectivity index (χ4n) is 1.92. The molecule has 0 fully saturated rings. The molecule has 19 heavy (non-hydrogen) atoms. The summed E-state index contributed by atoms with van der Waals surface area (Å²) >= 11 is 0. The molecule has 3 heteroatoms. The van der Waals surface area contributed by atoms with Gasteiger partial charge in [-0.1, -0.05) is 12.1 Å². The highest BCUT2D eigenvalue weighted by molar-refractivity contribution is 5.51. The van der Waals surface area contributed by atoms with E-state index in [9.17, 15) is 0 Å². The fraction of sp³-hybridized carbons (Fsp3) is 0.250. The van der Waals surface area contributed by atoms with Crippen LogP contribution in [0.2, 0.25) is 0 Å². The lowest BCUT2D eigenvalue weighted by Crippen LogP contribution is -2.00. The Labute approximate surface area is 114 Å². The third kappa shape index (κ3) is 3.65. The third-order valence-electron chi connectivity index (χ3n) is 2.94. The summed E-state index contributed by atoms with van der Waals surface area (Å²) in [5.41, 5.74) is 3.45. The van der Waals surface area contributed by atoms with Gasteiger partial charge in [0.1, 0.15) is 11.5 Å². The van der Waals surface area contributed by atoms with Crippen molar-refractivity contribution in [3.63, 3.8) is 0 Å². The molecule has 2 rings (SSSR count). The quantitative estimate of drug-likeness (QED) is 0.887. The lowest BCUT2D eigenvalue weighted by atomic mass is 10.2. The van der Waals surface area contributed by atoms with Gasteiger partial charge in [0, 0.05) is 18.3 Å². The number of anilines is 1. The van der Waals surface area contributed by atoms with E-state index in [0.717, 1.165) is 23.7 Å². The molecule has 0 amide bonds. The van der Waals surface area contributed by atoms with Crippen LogP contribution in [-0.4, -0.2) is 14.2 Å². The van der Waals surface area contributed by atoms with Crippen molar-refractivity contribution in [3.05, 3.63) is 53.6 Å². The molecule has 0 bridgehead atoms. The molecule has 0 atom stereocenters. The Morgan fingerprint density at radius 3 is 2.21 bits per heavy atom. The van der Waals surface area contributed by atoms with Gasteiger partial charge in [-0.25, -0.2) is 0 Å². The van der Waals surface area contributed by atoms with Crippen molar-refractivity contribution < 1.29 is 9.47 Å². The summed E-state index contributed by atoms with van der Waals surface area (Å²) in [5.74, 6) is 1.75. The Morgan fingerprint density at radius 1 is 0.895 bits per heavy atom. The van der Waals surface area contributed by atoms with E-state index in [1.165, 1.54) is 11.1 Å². The van der Waals surface area contributed by atoms with E-state index in [2.05, 4.69) is 30.4 Å². The highest BCUT2D eigenvalue weighted by atomic mass is 16.5. The molecule has 1 N–H and O–H groups in total. The van der Waals surface area contributed by atoms with Crippen LogP contribution in [0.15, 0.2) is 42.5 Å². The van der Waals surface area contributed by atoms with Crippen LogP contribution in [0.25, 0.3) is 0 Å². The molecule has 0 unspecified atom stereocenters. The monoisotopic (exact) mass is 257 g/mol. The Kier molecular flexibility index (Phi) is 4.29. The zero-order valence-corrected chi connectivity index (χ0v) is 11.6. The van der Waals surface area contributed by atoms with Crippen molar-refractivity contribution >= 4 is 5.69 Å². The van der Waals surface area contributed by atoms with Crippen molar-refractivity contribution in [2.75, 3.05) is 19.5 Å². The molecule has 0 radical (unpaired) electrons. The van der Waals surface area contributed by atoms with Crippen LogP contribution in [-0.2, 0) is 6.54 Å². The second-order valence-electron chi connectivity index (χ2n) is 4.44. The van der Waals surface area contributed by atoms with Crippen LogP contribution in [0, 0.1) is 6.92 Å². The standard InChI is InChI=1S/C16H19NO2/c1-12-8-14(10-16(9-12)19-3)17-11-13-4-6-15(18-2)7-5-13/h4-10,17H,11H2,1-3H3. The van der Waals surface area contributed by atoms with E-state index in [-0.39, 0.29) is 0 Å². The minimum Gasteiger partial charge on any atom is -0.497 e. The van der Waals surface area contributed by atoms with Gasteiger partial charge in [-0.15, -0.1) is 0 Å². The largest absolute Gasteiger partial charge is 0.497 e. The maximum atomic E-state index is 5.26. The van der Waals surface area contributed by atoms with Crippen molar-refractivity contribution in [3.8, 4) is 11.5 Å². The first-order valence-electron chi connectivity index (χ1n) is 6.24. The molecule has 0 heterocycles. The van der Waals surface area contributed by atoms with Crippen molar-refractivity contribution in [1.82, 2.24) is 0 Å². The van der Waals surface area contributed by atoms with E-state index in [0.29, 0.717) is 0 Å². The molecule has 0 aliphatic carbocycles. The summed E-state index contributed by atoms with van der Waals surface area (Å²) in [4.78, 5) is 0. The number of aryl methyl sites for hydroxylation is 1. The third-order valence-corrected chi connectivity index (χ3v) is 2.94. The van der Waals surface area contributed by atoms with Gasteiger partial charge < -0.3 is 14.8 Å². The maximum absolute atomic E-state index is 5.26. The first kappa shape index (κ1) is 13.3. The average molecular weight is 257 g/mol. The van der Waals surface area contributed by atoms with Crippen molar-refractivity contribution in [2.45, 2.75) is 13.5 Å². The highest BCUT2D eigenvalue weighted by Crippen LogP contribution is 2.21. The molecule has 0 saturated carbocycles. The van der Waals surface area contributed by atoms with Gasteiger partial charge in [-0.05, 0) is 42.3 Å². The van der Waals surface area contributed by atoms with Crippen molar-refractivity contribution in [1.29, 1.82) is 0 Å². The number of benzene rings is 2. The predicted molar refractivity (Wildman–Crippen MR) is 78.1 cm³/mol. The Hall–Kier alpha value is -2.16. The molecule has 3 nitrogen and oxygen atoms in total. The average Bonchev–Trinajstić information content (AvgIpc) is 2.45. The lowest BCUT2D eigenvalue weighted by Gasteiger charge is -2.10. The van der Waals surface area contributed by atoms with E-state index >= 15 is 0 Å². The minimum atomic E-state index is 0.774. The number of methoxy groups -OCH3 is 2. The number of nitrogens with one attached hydrogen (secondary N) is 1. The van der Waals surface area contributed by atoms with Gasteiger partial charge in [0.25, 0.3) is 0 Å². The molecule has 0 aliphatic heterocycles. The summed E-state index contributed by atoms with van der Waals surface area (Å²) in [6, 6.07) is 14.2. The van der Waals surface area contributed by atoms with E-state index in [1.807, 2.05) is 24.3 Å². The second-order valence-corrected chi connectivity index (χ2v) is 4.44. The van der Waals surface area contributed by atoms with Gasteiger partial charge in [0.2, 0.25) is 0 Å². The Morgan fingerprint density at radius 2 is 1.58 bits per heavy atom. The molecular weight excluding hydrogens is 238 g/mol. The van der Waals surface area contributed by atoms with E-state index in [4.69, 9.17) is 9.47 Å². The topological polar surface area (TPSA) is 30.5 Å². The number of hydrogen-bond acceptors (Lipinski definition) is 3. The molecule has 2 aromatic rings. The molecule has 0 aliphatic rings. The zero-order valence-electron chi connectivity index (χ0n) is 11.6. The molecule has 0 spiro atoms. The van der Waals surface area contributed by atoms with E-state index < -0.39 is 0 Å². The van der Waals surface area contributed by atoms with E-state index in [1.54, 1.807) is 14.2 Å². The van der Waals surface area contributed by atoms with Crippen LogP contribution in [0.1, 0.15) is 11.1 Å². The van der Waals surface area contributed by atoms with Crippen LogP contribution < -0.4 is 14.8 Å². The first-order valence-corrected chi connectivity index (χ1v) is 6.24. The summed E-state index contributed by atoms with van der Waals surface area (Å²) in [6.45, 7) is 2.83. The molecule has 0 aromatic heterocycles. The SMILES string of the molecule is COc1ccc(CNc2cc(C)cc(OC)c2)cc1. The Bertz CT molecular complexity index is 535. The normalized spacial score (nSPS) is 10.1. The summed E-state index contributed by atoms with van der Waals surface area (Å²) < 4.78 is 10.4. The Balaban J connectivity index is 2.03. The van der Waals surface area contributed by atoms with Crippen molar-refractivity contribution in [2.24, 2.45) is 0 Å². The van der Waals surface area contributed by atoms with Gasteiger partial charge in [0.05, 0.1) is 14.2 Å². The fourth-order valence-corrected chi connectivity index (χ4v) is 1.92. The van der Waals surface area contributed by atoms with Crippen LogP contribution in [0.3, 0.4) is 0 Å². The first-order chi connectivity index (χ1) is 9.21. The van der Waals surface area contributed by atoms with Gasteiger partial charge in [-0.2, -0.15) is 0 Å². The number of hydrogen-bond donors (Lipinski definition) is 1. The lowest BCUT2D eigenvalue weighted by molar-refractivity contribution is 0.414. The van der Waals surface area contributed by atoms with Crippen LogP contribution >= 0.6 is 0 Å². The highest BCUT2D eigenvalue weighted by Gasteiger charge is 1.99. The molecule has 100 valence electrons. The maximum Gasteiger partial charge on any atom is 0.121 e. The van der Waals surface area contributed by atoms with Crippen LogP contribution in [0.4, 0.5) is 5.69 Å².